The van der Waals surface area contributed by atoms with E-state index in [9.17, 15) is 23.6 Å². The highest BCUT2D eigenvalue weighted by molar-refractivity contribution is 7.89. The number of nitro groups is 1. The molecule has 176 valence electrons. The van der Waals surface area contributed by atoms with Crippen molar-refractivity contribution >= 4 is 15.7 Å². The maximum absolute atomic E-state index is 13.2. The van der Waals surface area contributed by atoms with Gasteiger partial charge in [0.25, 0.3) is 5.69 Å². The Morgan fingerprint density at radius 2 is 1.91 bits per heavy atom. The number of nitro benzene ring substituents is 1. The van der Waals surface area contributed by atoms with Crippen molar-refractivity contribution < 1.29 is 23.2 Å². The minimum Gasteiger partial charge on any atom is -0.367 e. The Balaban J connectivity index is 1.80. The standard InChI is InChI=1S/C22H26N4O6S/c1-16-15-24(20(22(27)32-2)13-17-7-9-18(14-23)10-8-17)11-12-25(16)33(30,31)21-6-4-3-5-19(21)26(28)29/h3-10,16,20,22,27H,11-13,15H2,1-2H3/t16-,20-,22?/m0/s1. The number of para-hydroxylation sites is 1. The van der Waals surface area contributed by atoms with E-state index in [1.807, 2.05) is 17.0 Å². The van der Waals surface area contributed by atoms with Gasteiger partial charge in [0.15, 0.2) is 11.2 Å². The zero-order valence-electron chi connectivity index (χ0n) is 18.4. The molecule has 11 heteroatoms. The van der Waals surface area contributed by atoms with Crippen molar-refractivity contribution in [3.63, 3.8) is 0 Å². The normalized spacial score (nSPS) is 19.5. The number of hydrogen-bond acceptors (Lipinski definition) is 8. The molecule has 33 heavy (non-hydrogen) atoms. The summed E-state index contributed by atoms with van der Waals surface area (Å²) in [5.41, 5.74) is 0.975. The van der Waals surface area contributed by atoms with E-state index in [0.717, 1.165) is 5.56 Å². The van der Waals surface area contributed by atoms with E-state index in [1.54, 1.807) is 19.1 Å². The molecule has 10 nitrogen and oxygen atoms in total. The lowest BCUT2D eigenvalue weighted by atomic mass is 10.0. The first-order chi connectivity index (χ1) is 15.7. The van der Waals surface area contributed by atoms with Crippen LogP contribution in [0.4, 0.5) is 5.69 Å². The molecule has 0 radical (unpaired) electrons. The van der Waals surface area contributed by atoms with Crippen molar-refractivity contribution in [1.82, 2.24) is 9.21 Å². The van der Waals surface area contributed by atoms with Gasteiger partial charge in [0.2, 0.25) is 10.0 Å². The van der Waals surface area contributed by atoms with Crippen LogP contribution in [0.5, 0.6) is 0 Å². The summed E-state index contributed by atoms with van der Waals surface area (Å²) < 4.78 is 32.9. The third-order valence-corrected chi connectivity index (χ3v) is 7.88. The van der Waals surface area contributed by atoms with Crippen molar-refractivity contribution in [2.45, 2.75) is 36.6 Å². The highest BCUT2D eigenvalue weighted by Gasteiger charge is 2.39. The first-order valence-corrected chi connectivity index (χ1v) is 11.8. The number of benzene rings is 2. The van der Waals surface area contributed by atoms with E-state index in [1.165, 1.54) is 35.7 Å². The largest absolute Gasteiger partial charge is 0.367 e. The van der Waals surface area contributed by atoms with Crippen LogP contribution in [-0.2, 0) is 21.2 Å². The first-order valence-electron chi connectivity index (χ1n) is 10.4. The highest BCUT2D eigenvalue weighted by atomic mass is 32.2. The molecule has 1 saturated heterocycles. The summed E-state index contributed by atoms with van der Waals surface area (Å²) in [7, 11) is -2.69. The van der Waals surface area contributed by atoms with E-state index < -0.39 is 39.0 Å². The van der Waals surface area contributed by atoms with E-state index in [2.05, 4.69) is 6.07 Å². The summed E-state index contributed by atoms with van der Waals surface area (Å²) >= 11 is 0. The Labute approximate surface area is 192 Å². The van der Waals surface area contributed by atoms with Gasteiger partial charge in [-0.1, -0.05) is 24.3 Å². The summed E-state index contributed by atoms with van der Waals surface area (Å²) in [4.78, 5) is 12.3. The first kappa shape index (κ1) is 24.8. The van der Waals surface area contributed by atoms with Crippen molar-refractivity contribution in [2.24, 2.45) is 0 Å². The molecular formula is C22H26N4O6S. The number of sulfonamides is 1. The molecule has 2 aromatic rings. The molecule has 1 aliphatic heterocycles. The molecule has 3 atom stereocenters. The fourth-order valence-electron chi connectivity index (χ4n) is 4.10. The fraction of sp³-hybridized carbons (Fsp3) is 0.409. The van der Waals surface area contributed by atoms with Crippen molar-refractivity contribution in [2.75, 3.05) is 26.7 Å². The highest BCUT2D eigenvalue weighted by Crippen LogP contribution is 2.29. The number of hydrogen-bond donors (Lipinski definition) is 1. The Kier molecular flexibility index (Phi) is 7.78. The van der Waals surface area contributed by atoms with Crippen LogP contribution in [0.25, 0.3) is 0 Å². The molecule has 1 fully saturated rings. The van der Waals surface area contributed by atoms with Gasteiger partial charge in [-0.2, -0.15) is 9.57 Å². The van der Waals surface area contributed by atoms with Crippen LogP contribution < -0.4 is 0 Å². The zero-order chi connectivity index (χ0) is 24.2. The van der Waals surface area contributed by atoms with E-state index in [4.69, 9.17) is 10.00 Å². The molecule has 0 aromatic heterocycles. The van der Waals surface area contributed by atoms with E-state index >= 15 is 0 Å². The van der Waals surface area contributed by atoms with Crippen LogP contribution >= 0.6 is 0 Å². The van der Waals surface area contributed by atoms with Gasteiger partial charge in [0, 0.05) is 38.9 Å². The summed E-state index contributed by atoms with van der Waals surface area (Å²) in [6, 6.07) is 13.5. The number of nitriles is 1. The topological polar surface area (TPSA) is 137 Å². The lowest BCUT2D eigenvalue weighted by Gasteiger charge is -2.43. The molecular weight excluding hydrogens is 448 g/mol. The monoisotopic (exact) mass is 474 g/mol. The van der Waals surface area contributed by atoms with Crippen LogP contribution in [0, 0.1) is 21.4 Å². The molecule has 0 spiro atoms. The van der Waals surface area contributed by atoms with Crippen LogP contribution in [0.1, 0.15) is 18.1 Å². The lowest BCUT2D eigenvalue weighted by molar-refractivity contribution is -0.387. The smallest absolute Gasteiger partial charge is 0.289 e. The molecule has 0 bridgehead atoms. The van der Waals surface area contributed by atoms with Gasteiger partial charge in [-0.15, -0.1) is 0 Å². The zero-order valence-corrected chi connectivity index (χ0v) is 19.2. The summed E-state index contributed by atoms with van der Waals surface area (Å²) in [5.74, 6) is 0. The predicted molar refractivity (Wildman–Crippen MR) is 120 cm³/mol. The summed E-state index contributed by atoms with van der Waals surface area (Å²) in [6.45, 7) is 2.46. The van der Waals surface area contributed by atoms with Gasteiger partial charge in [-0.25, -0.2) is 8.42 Å². The second-order valence-corrected chi connectivity index (χ2v) is 9.75. The van der Waals surface area contributed by atoms with E-state index in [-0.39, 0.29) is 11.4 Å². The number of aliphatic hydroxyl groups excluding tert-OH is 1. The number of aliphatic hydroxyl groups is 1. The molecule has 2 aromatic carbocycles. The maximum Gasteiger partial charge on any atom is 0.289 e. The Morgan fingerprint density at radius 1 is 1.24 bits per heavy atom. The number of piperazine rings is 1. The van der Waals surface area contributed by atoms with Crippen molar-refractivity contribution in [3.8, 4) is 6.07 Å². The van der Waals surface area contributed by atoms with Gasteiger partial charge < -0.3 is 9.84 Å². The van der Waals surface area contributed by atoms with E-state index in [0.29, 0.717) is 25.1 Å². The molecule has 1 aliphatic rings. The molecule has 1 N–H and O–H groups in total. The van der Waals surface area contributed by atoms with Crippen LogP contribution in [0.2, 0.25) is 0 Å². The Hall–Kier alpha value is -2.88. The van der Waals surface area contributed by atoms with Crippen LogP contribution in [0.15, 0.2) is 53.4 Å². The SMILES string of the molecule is COC(O)[C@H](Cc1ccc(C#N)cc1)N1CCN(S(=O)(=O)c2ccccc2[N+](=O)[O-])[C@@H](C)C1. The summed E-state index contributed by atoms with van der Waals surface area (Å²) in [5, 5.41) is 30.8. The van der Waals surface area contributed by atoms with Gasteiger partial charge in [-0.05, 0) is 37.1 Å². The third-order valence-electron chi connectivity index (χ3n) is 5.81. The lowest BCUT2D eigenvalue weighted by Crippen LogP contribution is -2.59. The van der Waals surface area contributed by atoms with Crippen LogP contribution in [-0.4, -0.2) is 72.8 Å². The quantitative estimate of drug-likeness (QED) is 0.347. The van der Waals surface area contributed by atoms with Crippen molar-refractivity contribution in [1.29, 1.82) is 5.26 Å². The summed E-state index contributed by atoms with van der Waals surface area (Å²) in [6.07, 6.45) is -0.670. The number of rotatable bonds is 8. The minimum atomic E-state index is -4.09. The van der Waals surface area contributed by atoms with Gasteiger partial charge in [-0.3, -0.25) is 15.0 Å². The molecule has 0 amide bonds. The fourth-order valence-corrected chi connectivity index (χ4v) is 5.88. The maximum atomic E-state index is 13.2. The second-order valence-electron chi connectivity index (χ2n) is 7.89. The molecule has 0 saturated carbocycles. The minimum absolute atomic E-state index is 0.107. The van der Waals surface area contributed by atoms with Crippen molar-refractivity contribution in [3.05, 3.63) is 69.8 Å². The average Bonchev–Trinajstić information content (AvgIpc) is 2.82. The second kappa shape index (κ2) is 10.4. The molecule has 1 heterocycles. The Bertz CT molecular complexity index is 1130. The molecule has 3 rings (SSSR count). The predicted octanol–water partition coefficient (Wildman–Crippen LogP) is 1.74. The average molecular weight is 475 g/mol. The number of ether oxygens (including phenoxy) is 1. The molecule has 0 aliphatic carbocycles. The number of methoxy groups -OCH3 is 1. The van der Waals surface area contributed by atoms with Gasteiger partial charge >= 0.3 is 0 Å². The van der Waals surface area contributed by atoms with Gasteiger partial charge in [0.1, 0.15) is 0 Å². The third kappa shape index (κ3) is 5.38. The molecule has 1 unspecified atom stereocenters. The van der Waals surface area contributed by atoms with Crippen LogP contribution in [0.3, 0.4) is 0 Å². The number of nitrogens with zero attached hydrogens (tertiary/aromatic N) is 4. The van der Waals surface area contributed by atoms with Gasteiger partial charge in [0.05, 0.1) is 22.6 Å². The Morgan fingerprint density at radius 3 is 2.48 bits per heavy atom.